The molecule has 0 saturated heterocycles. The lowest BCUT2D eigenvalue weighted by Crippen LogP contribution is -2.13. The van der Waals surface area contributed by atoms with E-state index in [-0.39, 0.29) is 4.90 Å². The van der Waals surface area contributed by atoms with Gasteiger partial charge in [-0.15, -0.1) is 0 Å². The molecule has 0 fully saturated rings. The molecular formula is C15H18N2O3S. The summed E-state index contributed by atoms with van der Waals surface area (Å²) in [6.07, 6.45) is 0. The quantitative estimate of drug-likeness (QED) is 0.922. The molecule has 21 heavy (non-hydrogen) atoms. The van der Waals surface area contributed by atoms with Crippen LogP contribution in [0, 0.1) is 0 Å². The molecule has 6 heteroatoms. The van der Waals surface area contributed by atoms with Crippen molar-refractivity contribution in [2.24, 2.45) is 0 Å². The number of sulfonamides is 1. The topological polar surface area (TPSA) is 58.6 Å². The molecule has 112 valence electrons. The first kappa shape index (κ1) is 15.2. The summed E-state index contributed by atoms with van der Waals surface area (Å²) < 4.78 is 32.2. The molecule has 0 spiro atoms. The minimum atomic E-state index is -3.62. The Bertz CT molecular complexity index is 710. The monoisotopic (exact) mass is 306 g/mol. The summed E-state index contributed by atoms with van der Waals surface area (Å²) in [6.45, 7) is 0. The Morgan fingerprint density at radius 3 is 2.29 bits per heavy atom. The maximum Gasteiger partial charge on any atom is 0.262 e. The second kappa shape index (κ2) is 6.05. The Morgan fingerprint density at radius 2 is 1.71 bits per heavy atom. The van der Waals surface area contributed by atoms with Crippen molar-refractivity contribution in [3.05, 3.63) is 48.5 Å². The molecule has 5 nitrogen and oxygen atoms in total. The van der Waals surface area contributed by atoms with Gasteiger partial charge in [0, 0.05) is 31.5 Å². The van der Waals surface area contributed by atoms with Gasteiger partial charge in [-0.1, -0.05) is 6.07 Å². The molecular weight excluding hydrogens is 288 g/mol. The molecule has 0 aliphatic heterocycles. The molecule has 1 N–H and O–H groups in total. The molecule has 0 atom stereocenters. The number of benzene rings is 2. The van der Waals surface area contributed by atoms with Gasteiger partial charge in [-0.2, -0.15) is 0 Å². The summed E-state index contributed by atoms with van der Waals surface area (Å²) in [6, 6.07) is 13.5. The van der Waals surface area contributed by atoms with Crippen LogP contribution < -0.4 is 14.4 Å². The van der Waals surface area contributed by atoms with E-state index >= 15 is 0 Å². The van der Waals surface area contributed by atoms with Crippen LogP contribution in [0.15, 0.2) is 53.4 Å². The normalized spacial score (nSPS) is 11.0. The Hall–Kier alpha value is -2.21. The van der Waals surface area contributed by atoms with Crippen LogP contribution in [0.2, 0.25) is 0 Å². The summed E-state index contributed by atoms with van der Waals surface area (Å²) in [4.78, 5) is 2.11. The lowest BCUT2D eigenvalue weighted by Gasteiger charge is -2.13. The van der Waals surface area contributed by atoms with Gasteiger partial charge in [0.1, 0.15) is 5.75 Å². The lowest BCUT2D eigenvalue weighted by molar-refractivity contribution is 0.413. The predicted molar refractivity (Wildman–Crippen MR) is 84.6 cm³/mol. The van der Waals surface area contributed by atoms with Crippen molar-refractivity contribution in [3.63, 3.8) is 0 Å². The number of methoxy groups -OCH3 is 1. The smallest absolute Gasteiger partial charge is 0.262 e. The fraction of sp³-hybridized carbons (Fsp3) is 0.200. The second-order valence-electron chi connectivity index (χ2n) is 4.73. The minimum absolute atomic E-state index is 0.165. The standard InChI is InChI=1S/C15H18N2O3S/c1-17(2)13-9-7-12(8-10-13)16-21(18,19)15-6-4-5-14(11-15)20-3/h4-11,16H,1-3H3. The summed E-state index contributed by atoms with van der Waals surface area (Å²) in [5.41, 5.74) is 1.52. The Balaban J connectivity index is 2.24. The van der Waals surface area contributed by atoms with E-state index in [1.165, 1.54) is 19.2 Å². The van der Waals surface area contributed by atoms with Crippen LogP contribution in [0.4, 0.5) is 11.4 Å². The molecule has 2 rings (SSSR count). The molecule has 0 aliphatic rings. The zero-order valence-electron chi connectivity index (χ0n) is 12.2. The van der Waals surface area contributed by atoms with Crippen molar-refractivity contribution in [1.82, 2.24) is 0 Å². The first-order chi connectivity index (χ1) is 9.92. The molecule has 0 saturated carbocycles. The molecule has 2 aromatic rings. The van der Waals surface area contributed by atoms with Gasteiger partial charge in [-0.3, -0.25) is 4.72 Å². The summed E-state index contributed by atoms with van der Waals surface area (Å²) >= 11 is 0. The number of nitrogens with zero attached hydrogens (tertiary/aromatic N) is 1. The van der Waals surface area contributed by atoms with Gasteiger partial charge in [-0.05, 0) is 36.4 Å². The predicted octanol–water partition coefficient (Wildman–Crippen LogP) is 2.56. The van der Waals surface area contributed by atoms with Crippen LogP contribution in [0.5, 0.6) is 5.75 Å². The van der Waals surface area contributed by atoms with E-state index in [1.54, 1.807) is 24.3 Å². The van der Waals surface area contributed by atoms with Crippen molar-refractivity contribution < 1.29 is 13.2 Å². The Labute approximate surface area is 125 Å². The third-order valence-electron chi connectivity index (χ3n) is 2.99. The SMILES string of the molecule is COc1cccc(S(=O)(=O)Nc2ccc(N(C)C)cc2)c1. The van der Waals surface area contributed by atoms with E-state index in [1.807, 2.05) is 31.1 Å². The molecule has 0 amide bonds. The largest absolute Gasteiger partial charge is 0.497 e. The maximum absolute atomic E-state index is 12.3. The molecule has 0 aliphatic carbocycles. The van der Waals surface area contributed by atoms with Gasteiger partial charge in [0.05, 0.1) is 12.0 Å². The first-order valence-corrected chi connectivity index (χ1v) is 7.85. The number of ether oxygens (including phenoxy) is 1. The highest BCUT2D eigenvalue weighted by Gasteiger charge is 2.14. The van der Waals surface area contributed by atoms with Crippen molar-refractivity contribution >= 4 is 21.4 Å². The van der Waals surface area contributed by atoms with E-state index in [0.29, 0.717) is 11.4 Å². The summed E-state index contributed by atoms with van der Waals surface area (Å²) in [7, 11) is 1.73. The van der Waals surface area contributed by atoms with Gasteiger partial charge in [0.2, 0.25) is 0 Å². The fourth-order valence-electron chi connectivity index (χ4n) is 1.81. The van der Waals surface area contributed by atoms with Crippen LogP contribution in [-0.4, -0.2) is 29.6 Å². The number of hydrogen-bond acceptors (Lipinski definition) is 4. The van der Waals surface area contributed by atoms with Gasteiger partial charge >= 0.3 is 0 Å². The molecule has 0 bridgehead atoms. The van der Waals surface area contributed by atoms with Gasteiger partial charge < -0.3 is 9.64 Å². The Morgan fingerprint density at radius 1 is 1.05 bits per heavy atom. The average Bonchev–Trinajstić information content (AvgIpc) is 2.47. The summed E-state index contributed by atoms with van der Waals surface area (Å²) in [5, 5.41) is 0. The number of anilines is 2. The van der Waals surface area contributed by atoms with Gasteiger partial charge in [0.25, 0.3) is 10.0 Å². The second-order valence-corrected chi connectivity index (χ2v) is 6.41. The van der Waals surface area contributed by atoms with Crippen molar-refractivity contribution in [2.45, 2.75) is 4.90 Å². The van der Waals surface area contributed by atoms with E-state index in [0.717, 1.165) is 5.69 Å². The number of rotatable bonds is 5. The third-order valence-corrected chi connectivity index (χ3v) is 4.37. The van der Waals surface area contributed by atoms with Crippen LogP contribution >= 0.6 is 0 Å². The van der Waals surface area contributed by atoms with Crippen LogP contribution in [0.3, 0.4) is 0 Å². The zero-order valence-corrected chi connectivity index (χ0v) is 13.0. The highest BCUT2D eigenvalue weighted by atomic mass is 32.2. The van der Waals surface area contributed by atoms with E-state index in [9.17, 15) is 8.42 Å². The highest BCUT2D eigenvalue weighted by Crippen LogP contribution is 2.21. The molecule has 2 aromatic carbocycles. The van der Waals surface area contributed by atoms with E-state index in [2.05, 4.69) is 4.72 Å². The van der Waals surface area contributed by atoms with Crippen LogP contribution in [0.25, 0.3) is 0 Å². The minimum Gasteiger partial charge on any atom is -0.497 e. The zero-order chi connectivity index (χ0) is 15.5. The summed E-state index contributed by atoms with van der Waals surface area (Å²) in [5.74, 6) is 0.501. The van der Waals surface area contributed by atoms with Gasteiger partial charge in [-0.25, -0.2) is 8.42 Å². The highest BCUT2D eigenvalue weighted by molar-refractivity contribution is 7.92. The average molecular weight is 306 g/mol. The molecule has 0 heterocycles. The Kier molecular flexibility index (Phi) is 4.37. The first-order valence-electron chi connectivity index (χ1n) is 6.36. The van der Waals surface area contributed by atoms with Gasteiger partial charge in [0.15, 0.2) is 0 Å². The molecule has 0 unspecified atom stereocenters. The van der Waals surface area contributed by atoms with Crippen molar-refractivity contribution in [1.29, 1.82) is 0 Å². The maximum atomic E-state index is 12.3. The van der Waals surface area contributed by atoms with Crippen LogP contribution in [0.1, 0.15) is 0 Å². The number of nitrogens with one attached hydrogen (secondary N) is 1. The van der Waals surface area contributed by atoms with E-state index in [4.69, 9.17) is 4.74 Å². The third kappa shape index (κ3) is 3.66. The van der Waals surface area contributed by atoms with E-state index < -0.39 is 10.0 Å². The van der Waals surface area contributed by atoms with Crippen molar-refractivity contribution in [3.8, 4) is 5.75 Å². The number of hydrogen-bond donors (Lipinski definition) is 1. The molecule has 0 aromatic heterocycles. The fourth-order valence-corrected chi connectivity index (χ4v) is 2.90. The van der Waals surface area contributed by atoms with Crippen molar-refractivity contribution in [2.75, 3.05) is 30.8 Å². The van der Waals surface area contributed by atoms with Crippen LogP contribution in [-0.2, 0) is 10.0 Å². The lowest BCUT2D eigenvalue weighted by atomic mass is 10.3. The molecule has 0 radical (unpaired) electrons.